The highest BCUT2D eigenvalue weighted by atomic mass is 16.5. The number of allylic oxidation sites excluding steroid dienone is 6. The molecule has 4 aliphatic rings. The Labute approximate surface area is 127 Å². The lowest BCUT2D eigenvalue weighted by atomic mass is 9.53. The summed E-state index contributed by atoms with van der Waals surface area (Å²) in [5, 5.41) is 20.0. The van der Waals surface area contributed by atoms with E-state index in [-0.39, 0.29) is 16.7 Å². The van der Waals surface area contributed by atoms with Crippen LogP contribution in [0.1, 0.15) is 51.9 Å². The zero-order valence-corrected chi connectivity index (χ0v) is 12.9. The van der Waals surface area contributed by atoms with Gasteiger partial charge in [-0.15, -0.1) is 0 Å². The van der Waals surface area contributed by atoms with Crippen molar-refractivity contribution in [1.82, 2.24) is 0 Å². The Morgan fingerprint density at radius 1 is 1.19 bits per heavy atom. The van der Waals surface area contributed by atoms with Gasteiger partial charge in [0, 0.05) is 16.7 Å². The Morgan fingerprint density at radius 3 is 2.86 bits per heavy atom. The van der Waals surface area contributed by atoms with Crippen LogP contribution in [0.2, 0.25) is 0 Å². The molecule has 4 aliphatic carbocycles. The van der Waals surface area contributed by atoms with E-state index in [0.29, 0.717) is 0 Å². The van der Waals surface area contributed by atoms with E-state index in [1.54, 1.807) is 5.57 Å². The van der Waals surface area contributed by atoms with E-state index in [0.717, 1.165) is 31.6 Å². The lowest BCUT2D eigenvalue weighted by Gasteiger charge is -2.52. The Balaban J connectivity index is 1.81. The zero-order valence-electron chi connectivity index (χ0n) is 12.9. The van der Waals surface area contributed by atoms with Gasteiger partial charge >= 0.3 is 0 Å². The van der Waals surface area contributed by atoms with Gasteiger partial charge in [0.2, 0.25) is 0 Å². The first-order chi connectivity index (χ1) is 10.1. The predicted octanol–water partition coefficient (Wildman–Crippen LogP) is 3.72. The highest BCUT2D eigenvalue weighted by Gasteiger charge is 2.53. The van der Waals surface area contributed by atoms with Gasteiger partial charge in [0.15, 0.2) is 6.29 Å². The molecule has 114 valence electrons. The van der Waals surface area contributed by atoms with E-state index >= 15 is 0 Å². The summed E-state index contributed by atoms with van der Waals surface area (Å²) < 4.78 is 0. The first kappa shape index (κ1) is 13.8. The van der Waals surface area contributed by atoms with Crippen molar-refractivity contribution in [3.05, 3.63) is 35.5 Å². The minimum atomic E-state index is -1.20. The lowest BCUT2D eigenvalue weighted by Crippen LogP contribution is -2.46. The Bertz CT molecular complexity index is 542. The average Bonchev–Trinajstić information content (AvgIpc) is 2.92. The first-order valence-electron chi connectivity index (χ1n) is 8.51. The molecule has 2 nitrogen and oxygen atoms in total. The van der Waals surface area contributed by atoms with E-state index in [4.69, 9.17) is 0 Å². The minimum absolute atomic E-state index is 0.231. The summed E-state index contributed by atoms with van der Waals surface area (Å²) in [5.41, 5.74) is 3.06. The second-order valence-electron chi connectivity index (χ2n) is 7.72. The number of aliphatic hydroxyl groups is 2. The molecule has 4 atom stereocenters. The number of fused-ring (bicyclic) bond motifs is 4. The third kappa shape index (κ3) is 1.72. The second-order valence-corrected chi connectivity index (χ2v) is 7.72. The van der Waals surface area contributed by atoms with Gasteiger partial charge in [0.25, 0.3) is 0 Å². The van der Waals surface area contributed by atoms with E-state index in [9.17, 15) is 10.2 Å². The van der Waals surface area contributed by atoms with Gasteiger partial charge in [0.1, 0.15) is 0 Å². The fourth-order valence-electron chi connectivity index (χ4n) is 5.67. The maximum absolute atomic E-state index is 10.0. The van der Waals surface area contributed by atoms with Gasteiger partial charge in [-0.2, -0.15) is 0 Å². The summed E-state index contributed by atoms with van der Waals surface area (Å²) in [6.45, 7) is 2.42. The quantitative estimate of drug-likeness (QED) is 0.570. The van der Waals surface area contributed by atoms with Crippen molar-refractivity contribution in [3.63, 3.8) is 0 Å². The molecule has 0 saturated carbocycles. The summed E-state index contributed by atoms with van der Waals surface area (Å²) in [7, 11) is 0. The Hall–Kier alpha value is -0.860. The molecule has 0 spiro atoms. The predicted molar refractivity (Wildman–Crippen MR) is 83.4 cm³/mol. The molecule has 0 aliphatic heterocycles. The van der Waals surface area contributed by atoms with Crippen LogP contribution in [-0.4, -0.2) is 16.5 Å². The molecule has 4 rings (SSSR count). The molecule has 0 aromatic heterocycles. The van der Waals surface area contributed by atoms with E-state index in [2.05, 4.69) is 31.2 Å². The van der Waals surface area contributed by atoms with Crippen molar-refractivity contribution in [2.24, 2.45) is 22.7 Å². The van der Waals surface area contributed by atoms with E-state index < -0.39 is 6.29 Å². The third-order valence-electron chi connectivity index (χ3n) is 6.97. The molecule has 0 fully saturated rings. The van der Waals surface area contributed by atoms with Crippen molar-refractivity contribution in [2.75, 3.05) is 0 Å². The molecule has 0 aromatic rings. The molecule has 21 heavy (non-hydrogen) atoms. The third-order valence-corrected chi connectivity index (χ3v) is 6.97. The highest BCUT2D eigenvalue weighted by molar-refractivity contribution is 5.40. The van der Waals surface area contributed by atoms with Crippen LogP contribution in [0, 0.1) is 22.7 Å². The second kappa shape index (κ2) is 4.57. The van der Waals surface area contributed by atoms with E-state index in [1.807, 2.05) is 0 Å². The SMILES string of the molecule is C[C@]12C=CCCC1CCC1=C2CC[C@]2(C(O)O)CC=C[C@@H]12. The number of hydrogen-bond donors (Lipinski definition) is 2. The van der Waals surface area contributed by atoms with Gasteiger partial charge in [-0.05, 0) is 50.9 Å². The lowest BCUT2D eigenvalue weighted by molar-refractivity contribution is -0.150. The van der Waals surface area contributed by atoms with Crippen LogP contribution in [0.5, 0.6) is 0 Å². The number of rotatable bonds is 1. The molecule has 0 amide bonds. The molecule has 2 N–H and O–H groups in total. The number of hydrogen-bond acceptors (Lipinski definition) is 2. The maximum Gasteiger partial charge on any atom is 0.158 e. The summed E-state index contributed by atoms with van der Waals surface area (Å²) in [6.07, 6.45) is 15.8. The molecule has 0 heterocycles. The Morgan fingerprint density at radius 2 is 2.05 bits per heavy atom. The highest BCUT2D eigenvalue weighted by Crippen LogP contribution is 2.61. The van der Waals surface area contributed by atoms with Crippen molar-refractivity contribution in [3.8, 4) is 0 Å². The summed E-state index contributed by atoms with van der Waals surface area (Å²) in [4.78, 5) is 0. The average molecular weight is 286 g/mol. The maximum atomic E-state index is 10.0. The van der Waals surface area contributed by atoms with Gasteiger partial charge in [-0.1, -0.05) is 42.4 Å². The topological polar surface area (TPSA) is 40.5 Å². The molecular weight excluding hydrogens is 260 g/mol. The zero-order chi connectivity index (χ0) is 14.7. The van der Waals surface area contributed by atoms with Crippen LogP contribution in [0.3, 0.4) is 0 Å². The van der Waals surface area contributed by atoms with Crippen LogP contribution in [0.4, 0.5) is 0 Å². The summed E-state index contributed by atoms with van der Waals surface area (Å²) in [6, 6.07) is 0. The monoisotopic (exact) mass is 286 g/mol. The first-order valence-corrected chi connectivity index (χ1v) is 8.51. The fraction of sp³-hybridized carbons (Fsp3) is 0.684. The van der Waals surface area contributed by atoms with Crippen LogP contribution >= 0.6 is 0 Å². The van der Waals surface area contributed by atoms with Crippen molar-refractivity contribution in [2.45, 2.75) is 58.2 Å². The fourth-order valence-corrected chi connectivity index (χ4v) is 5.67. The minimum Gasteiger partial charge on any atom is -0.368 e. The van der Waals surface area contributed by atoms with Gasteiger partial charge in [-0.3, -0.25) is 0 Å². The van der Waals surface area contributed by atoms with Crippen LogP contribution in [0.15, 0.2) is 35.5 Å². The normalized spacial score (nSPS) is 44.8. The molecule has 2 heteroatoms. The smallest absolute Gasteiger partial charge is 0.158 e. The van der Waals surface area contributed by atoms with Gasteiger partial charge < -0.3 is 10.2 Å². The summed E-state index contributed by atoms with van der Waals surface area (Å²) in [5.74, 6) is 1.05. The standard InChI is InChI=1S/C19H26O2/c1-18-10-3-2-5-13(18)7-8-14-15(18)9-12-19(17(20)21)11-4-6-16(14)19/h3-4,6,10,13,16-17,20-21H,2,5,7-9,11-12H2,1H3/t13?,16-,18-,19+/m0/s1. The largest absolute Gasteiger partial charge is 0.368 e. The van der Waals surface area contributed by atoms with E-state index in [1.165, 1.54) is 24.8 Å². The van der Waals surface area contributed by atoms with Crippen molar-refractivity contribution >= 4 is 0 Å². The van der Waals surface area contributed by atoms with Gasteiger partial charge in [-0.25, -0.2) is 0 Å². The van der Waals surface area contributed by atoms with Crippen molar-refractivity contribution in [1.29, 1.82) is 0 Å². The van der Waals surface area contributed by atoms with Crippen LogP contribution < -0.4 is 0 Å². The number of aliphatic hydroxyl groups excluding tert-OH is 1. The summed E-state index contributed by atoms with van der Waals surface area (Å²) >= 11 is 0. The Kier molecular flexibility index (Phi) is 3.00. The molecular formula is C19H26O2. The molecule has 1 unspecified atom stereocenters. The van der Waals surface area contributed by atoms with Crippen LogP contribution in [-0.2, 0) is 0 Å². The molecule has 0 radical (unpaired) electrons. The molecule has 0 aromatic carbocycles. The molecule has 0 bridgehead atoms. The molecule has 0 saturated heterocycles. The van der Waals surface area contributed by atoms with Crippen LogP contribution in [0.25, 0.3) is 0 Å². The van der Waals surface area contributed by atoms with Crippen molar-refractivity contribution < 1.29 is 10.2 Å². The van der Waals surface area contributed by atoms with Gasteiger partial charge in [0.05, 0.1) is 0 Å².